The maximum atomic E-state index is 11.6. The molecule has 3 N–H and O–H groups in total. The van der Waals surface area contributed by atoms with Crippen molar-refractivity contribution in [1.29, 1.82) is 0 Å². The third kappa shape index (κ3) is 3.66. The molecule has 94 valence electrons. The van der Waals surface area contributed by atoms with Gasteiger partial charge in [-0.05, 0) is 31.0 Å². The van der Waals surface area contributed by atoms with Crippen molar-refractivity contribution in [2.75, 3.05) is 11.9 Å². The number of benzene rings is 1. The summed E-state index contributed by atoms with van der Waals surface area (Å²) in [5.74, 6) is 5.28. The van der Waals surface area contributed by atoms with Crippen LogP contribution in [0.25, 0.3) is 0 Å². The van der Waals surface area contributed by atoms with Crippen LogP contribution in [0.4, 0.5) is 10.5 Å². The smallest absolute Gasteiger partial charge is 0.319 e. The number of anilines is 1. The lowest BCUT2D eigenvalue weighted by atomic mass is 10.2. The van der Waals surface area contributed by atoms with Gasteiger partial charge in [0.1, 0.15) is 6.61 Å². The summed E-state index contributed by atoms with van der Waals surface area (Å²) < 4.78 is 0. The lowest BCUT2D eigenvalue weighted by Crippen LogP contribution is -2.30. The average Bonchev–Trinajstić information content (AvgIpc) is 3.13. The molecule has 1 aromatic rings. The minimum atomic E-state index is -0.244. The molecule has 1 aliphatic rings. The highest BCUT2D eigenvalue weighted by Gasteiger charge is 2.23. The van der Waals surface area contributed by atoms with E-state index in [4.69, 9.17) is 16.7 Å². The van der Waals surface area contributed by atoms with Gasteiger partial charge in [-0.1, -0.05) is 23.4 Å². The molecular weight excluding hydrogens is 252 g/mol. The van der Waals surface area contributed by atoms with Gasteiger partial charge in [0.15, 0.2) is 0 Å². The van der Waals surface area contributed by atoms with Crippen molar-refractivity contribution in [2.24, 2.45) is 0 Å². The van der Waals surface area contributed by atoms with E-state index in [9.17, 15) is 4.79 Å². The van der Waals surface area contributed by atoms with Crippen molar-refractivity contribution in [2.45, 2.75) is 18.9 Å². The highest BCUT2D eigenvalue weighted by atomic mass is 35.5. The molecule has 0 aliphatic heterocycles. The SMILES string of the molecule is O=C(Nc1ccc(Cl)cc1C#CCO)NC1CC1. The minimum absolute atomic E-state index is 0.236. The number of urea groups is 1. The molecule has 5 heteroatoms. The van der Waals surface area contributed by atoms with E-state index in [2.05, 4.69) is 22.5 Å². The second-order valence-electron chi connectivity index (χ2n) is 4.02. The summed E-state index contributed by atoms with van der Waals surface area (Å²) in [6.45, 7) is -0.236. The molecule has 0 spiro atoms. The molecule has 0 radical (unpaired) electrons. The number of carbonyl (C=O) groups is 1. The number of amides is 2. The molecule has 0 unspecified atom stereocenters. The summed E-state index contributed by atoms with van der Waals surface area (Å²) in [5, 5.41) is 14.8. The van der Waals surface area contributed by atoms with Gasteiger partial charge in [-0.15, -0.1) is 0 Å². The van der Waals surface area contributed by atoms with Crippen molar-refractivity contribution in [3.8, 4) is 11.8 Å². The highest BCUT2D eigenvalue weighted by Crippen LogP contribution is 2.21. The predicted octanol–water partition coefficient (Wildman–Crippen LogP) is 1.97. The third-order valence-electron chi connectivity index (χ3n) is 2.44. The Morgan fingerprint density at radius 1 is 1.50 bits per heavy atom. The van der Waals surface area contributed by atoms with Crippen molar-refractivity contribution in [1.82, 2.24) is 5.32 Å². The Hall–Kier alpha value is -1.70. The maximum absolute atomic E-state index is 11.6. The summed E-state index contributed by atoms with van der Waals surface area (Å²) in [7, 11) is 0. The fourth-order valence-electron chi connectivity index (χ4n) is 1.44. The second-order valence-corrected chi connectivity index (χ2v) is 4.46. The molecule has 0 atom stereocenters. The van der Waals surface area contributed by atoms with Gasteiger partial charge in [-0.25, -0.2) is 4.79 Å². The van der Waals surface area contributed by atoms with E-state index in [1.807, 2.05) is 0 Å². The summed E-state index contributed by atoms with van der Waals surface area (Å²) >= 11 is 5.87. The molecule has 0 heterocycles. The molecule has 1 saturated carbocycles. The first kappa shape index (κ1) is 12.7. The number of halogens is 1. The summed E-state index contributed by atoms with van der Waals surface area (Å²) in [6.07, 6.45) is 2.07. The number of aliphatic hydroxyl groups excluding tert-OH is 1. The van der Waals surface area contributed by atoms with Crippen LogP contribution in [-0.4, -0.2) is 23.8 Å². The van der Waals surface area contributed by atoms with Gasteiger partial charge in [0.25, 0.3) is 0 Å². The second kappa shape index (κ2) is 5.76. The molecule has 1 aromatic carbocycles. The van der Waals surface area contributed by atoms with E-state index in [1.54, 1.807) is 18.2 Å². The Bertz CT molecular complexity index is 515. The Morgan fingerprint density at radius 3 is 2.94 bits per heavy atom. The quantitative estimate of drug-likeness (QED) is 0.715. The summed E-state index contributed by atoms with van der Waals surface area (Å²) in [5.41, 5.74) is 1.17. The molecule has 0 saturated heterocycles. The highest BCUT2D eigenvalue weighted by molar-refractivity contribution is 6.30. The third-order valence-corrected chi connectivity index (χ3v) is 2.68. The normalized spacial score (nSPS) is 13.4. The van der Waals surface area contributed by atoms with Crippen molar-refractivity contribution < 1.29 is 9.90 Å². The van der Waals surface area contributed by atoms with E-state index in [0.29, 0.717) is 22.3 Å². The topological polar surface area (TPSA) is 61.4 Å². The number of rotatable bonds is 2. The van der Waals surface area contributed by atoms with Crippen LogP contribution in [0.1, 0.15) is 18.4 Å². The zero-order valence-corrected chi connectivity index (χ0v) is 10.4. The van der Waals surface area contributed by atoms with Crippen LogP contribution in [-0.2, 0) is 0 Å². The molecule has 18 heavy (non-hydrogen) atoms. The van der Waals surface area contributed by atoms with Crippen LogP contribution in [0.5, 0.6) is 0 Å². The van der Waals surface area contributed by atoms with Gasteiger partial charge in [0.2, 0.25) is 0 Å². The van der Waals surface area contributed by atoms with Crippen molar-refractivity contribution >= 4 is 23.3 Å². The first-order valence-corrected chi connectivity index (χ1v) is 6.03. The lowest BCUT2D eigenvalue weighted by molar-refractivity contribution is 0.251. The number of hydrogen-bond donors (Lipinski definition) is 3. The van der Waals surface area contributed by atoms with Crippen LogP contribution in [0.3, 0.4) is 0 Å². The largest absolute Gasteiger partial charge is 0.384 e. The Labute approximate surface area is 110 Å². The monoisotopic (exact) mass is 264 g/mol. The van der Waals surface area contributed by atoms with Crippen LogP contribution in [0, 0.1) is 11.8 Å². The number of carbonyl (C=O) groups excluding carboxylic acids is 1. The maximum Gasteiger partial charge on any atom is 0.319 e. The van der Waals surface area contributed by atoms with Crippen molar-refractivity contribution in [3.63, 3.8) is 0 Å². The molecule has 1 aliphatic carbocycles. The van der Waals surface area contributed by atoms with E-state index in [0.717, 1.165) is 12.8 Å². The van der Waals surface area contributed by atoms with E-state index >= 15 is 0 Å². The number of aliphatic hydroxyl groups is 1. The molecule has 2 amide bonds. The first-order chi connectivity index (χ1) is 8.69. The van der Waals surface area contributed by atoms with E-state index < -0.39 is 0 Å². The summed E-state index contributed by atoms with van der Waals surface area (Å²) in [6, 6.07) is 5.07. The van der Waals surface area contributed by atoms with E-state index in [-0.39, 0.29) is 12.6 Å². The zero-order chi connectivity index (χ0) is 13.0. The fraction of sp³-hybridized carbons (Fsp3) is 0.308. The zero-order valence-electron chi connectivity index (χ0n) is 9.66. The van der Waals surface area contributed by atoms with Gasteiger partial charge in [0.05, 0.1) is 5.69 Å². The van der Waals surface area contributed by atoms with Gasteiger partial charge in [-0.2, -0.15) is 0 Å². The van der Waals surface area contributed by atoms with Crippen LogP contribution in [0.15, 0.2) is 18.2 Å². The fourth-order valence-corrected chi connectivity index (χ4v) is 1.61. The minimum Gasteiger partial charge on any atom is -0.384 e. The van der Waals surface area contributed by atoms with Gasteiger partial charge in [-0.3, -0.25) is 0 Å². The van der Waals surface area contributed by atoms with Gasteiger partial charge >= 0.3 is 6.03 Å². The average molecular weight is 265 g/mol. The summed E-state index contributed by atoms with van der Waals surface area (Å²) in [4.78, 5) is 11.6. The molecular formula is C13H13ClN2O2. The van der Waals surface area contributed by atoms with Gasteiger partial charge < -0.3 is 15.7 Å². The van der Waals surface area contributed by atoms with E-state index in [1.165, 1.54) is 0 Å². The van der Waals surface area contributed by atoms with Crippen LogP contribution in [0.2, 0.25) is 5.02 Å². The predicted molar refractivity (Wildman–Crippen MR) is 70.6 cm³/mol. The Morgan fingerprint density at radius 2 is 2.28 bits per heavy atom. The number of nitrogens with one attached hydrogen (secondary N) is 2. The molecule has 4 nitrogen and oxygen atoms in total. The Balaban J connectivity index is 2.12. The first-order valence-electron chi connectivity index (χ1n) is 5.66. The lowest BCUT2D eigenvalue weighted by Gasteiger charge is -2.08. The van der Waals surface area contributed by atoms with Crippen molar-refractivity contribution in [3.05, 3.63) is 28.8 Å². The molecule has 2 rings (SSSR count). The molecule has 0 aromatic heterocycles. The standard InChI is InChI=1S/C13H13ClN2O2/c14-10-3-6-12(9(8-10)2-1-7-17)16-13(18)15-11-4-5-11/h3,6,8,11,17H,4-5,7H2,(H2,15,16,18). The van der Waals surface area contributed by atoms with Crippen LogP contribution < -0.4 is 10.6 Å². The van der Waals surface area contributed by atoms with Crippen LogP contribution >= 0.6 is 11.6 Å². The Kier molecular flexibility index (Phi) is 4.08. The van der Waals surface area contributed by atoms with Gasteiger partial charge in [0, 0.05) is 16.6 Å². The number of hydrogen-bond acceptors (Lipinski definition) is 2. The molecule has 1 fully saturated rings. The molecule has 0 bridgehead atoms.